The molecule has 0 bridgehead atoms. The van der Waals surface area contributed by atoms with Crippen LogP contribution >= 0.6 is 12.2 Å². The van der Waals surface area contributed by atoms with Gasteiger partial charge in [-0.3, -0.25) is 0 Å². The third-order valence-corrected chi connectivity index (χ3v) is 6.75. The molecule has 0 aliphatic carbocycles. The molecule has 4 rings (SSSR count). The molecule has 1 aromatic carbocycles. The maximum Gasteiger partial charge on any atom is 0.232 e. The van der Waals surface area contributed by atoms with Crippen LogP contribution in [0, 0.1) is 11.8 Å². The Balaban J connectivity index is 1.53. The number of thiocarbonyl (C=S) groups is 1. The first kappa shape index (κ1) is 22.8. The predicted octanol–water partition coefficient (Wildman–Crippen LogP) is 5.00. The van der Waals surface area contributed by atoms with Gasteiger partial charge in [0.1, 0.15) is 11.6 Å². The lowest BCUT2D eigenvalue weighted by Crippen LogP contribution is -2.37. The molecule has 0 saturated carbocycles. The molecule has 32 heavy (non-hydrogen) atoms. The monoisotopic (exact) mass is 452 g/mol. The van der Waals surface area contributed by atoms with Crippen molar-refractivity contribution in [2.45, 2.75) is 52.5 Å². The summed E-state index contributed by atoms with van der Waals surface area (Å²) in [5.74, 6) is 3.94. The van der Waals surface area contributed by atoms with Crippen molar-refractivity contribution in [3.63, 3.8) is 0 Å². The topological polar surface area (TPSA) is 56.3 Å². The number of rotatable bonds is 5. The van der Waals surface area contributed by atoms with Gasteiger partial charge in [-0.2, -0.15) is 9.97 Å². The second-order valence-corrected chi connectivity index (χ2v) is 9.93. The summed E-state index contributed by atoms with van der Waals surface area (Å²) >= 11 is 5.62. The second-order valence-electron chi connectivity index (χ2n) is 9.53. The standard InChI is InChI=1S/C25H36N6S/c1-18-9-7-13-30(16-18)22-15-23(31-14-8-10-19(2)17-31)28-24(27-22)29-25(32)26-20(3)21-11-5-4-6-12-21/h4-6,11-12,15,18-20H,7-10,13-14,16-17H2,1-3H3,(H2,26,27,28,29,32). The van der Waals surface area contributed by atoms with E-state index >= 15 is 0 Å². The Bertz CT molecular complexity index is 864. The van der Waals surface area contributed by atoms with Crippen LogP contribution in [0.25, 0.3) is 0 Å². The summed E-state index contributed by atoms with van der Waals surface area (Å²) in [6.45, 7) is 10.9. The fourth-order valence-corrected chi connectivity index (χ4v) is 5.02. The summed E-state index contributed by atoms with van der Waals surface area (Å²) in [4.78, 5) is 14.6. The lowest BCUT2D eigenvalue weighted by atomic mass is 10.00. The van der Waals surface area contributed by atoms with Crippen molar-refractivity contribution in [2.75, 3.05) is 41.3 Å². The van der Waals surface area contributed by atoms with Crippen LogP contribution < -0.4 is 20.4 Å². The Morgan fingerprint density at radius 2 is 1.53 bits per heavy atom. The van der Waals surface area contributed by atoms with Crippen LogP contribution in [0.1, 0.15) is 58.1 Å². The maximum absolute atomic E-state index is 5.62. The fraction of sp³-hybridized carbons (Fsp3) is 0.560. The molecule has 3 unspecified atom stereocenters. The Kier molecular flexibility index (Phi) is 7.45. The van der Waals surface area contributed by atoms with E-state index in [4.69, 9.17) is 22.2 Å². The molecule has 2 fully saturated rings. The molecular weight excluding hydrogens is 416 g/mol. The van der Waals surface area contributed by atoms with Gasteiger partial charge in [0.2, 0.25) is 5.95 Å². The molecule has 172 valence electrons. The van der Waals surface area contributed by atoms with Crippen LogP contribution in [0.4, 0.5) is 17.6 Å². The molecule has 2 aliphatic heterocycles. The zero-order valence-electron chi connectivity index (χ0n) is 19.6. The molecule has 3 atom stereocenters. The van der Waals surface area contributed by atoms with Crippen molar-refractivity contribution < 1.29 is 0 Å². The van der Waals surface area contributed by atoms with Gasteiger partial charge in [-0.1, -0.05) is 44.2 Å². The lowest BCUT2D eigenvalue weighted by molar-refractivity contribution is 0.441. The number of hydrogen-bond donors (Lipinski definition) is 2. The van der Waals surface area contributed by atoms with E-state index in [0.717, 1.165) is 37.8 Å². The highest BCUT2D eigenvalue weighted by molar-refractivity contribution is 7.80. The van der Waals surface area contributed by atoms with Crippen LogP contribution in [-0.2, 0) is 0 Å². The molecule has 2 saturated heterocycles. The number of nitrogens with zero attached hydrogens (tertiary/aromatic N) is 4. The molecule has 2 aliphatic rings. The molecule has 7 heteroatoms. The smallest absolute Gasteiger partial charge is 0.232 e. The van der Waals surface area contributed by atoms with Crippen molar-refractivity contribution in [3.8, 4) is 0 Å². The highest BCUT2D eigenvalue weighted by Gasteiger charge is 2.23. The van der Waals surface area contributed by atoms with E-state index in [9.17, 15) is 0 Å². The van der Waals surface area contributed by atoms with Gasteiger partial charge in [0.05, 0.1) is 6.04 Å². The average Bonchev–Trinajstić information content (AvgIpc) is 2.79. The Morgan fingerprint density at radius 1 is 0.969 bits per heavy atom. The number of aromatic nitrogens is 2. The Hall–Kier alpha value is -2.41. The van der Waals surface area contributed by atoms with Gasteiger partial charge in [0.15, 0.2) is 5.11 Å². The van der Waals surface area contributed by atoms with Crippen molar-refractivity contribution >= 4 is 34.9 Å². The summed E-state index contributed by atoms with van der Waals surface area (Å²) in [6, 6.07) is 12.6. The van der Waals surface area contributed by atoms with Crippen molar-refractivity contribution in [1.82, 2.24) is 15.3 Å². The summed E-state index contributed by atoms with van der Waals surface area (Å²) < 4.78 is 0. The van der Waals surface area contributed by atoms with E-state index in [0.29, 0.717) is 22.9 Å². The van der Waals surface area contributed by atoms with Gasteiger partial charge in [-0.25, -0.2) is 0 Å². The van der Waals surface area contributed by atoms with E-state index in [-0.39, 0.29) is 6.04 Å². The molecular formula is C25H36N6S. The Labute approximate surface area is 197 Å². The highest BCUT2D eigenvalue weighted by atomic mass is 32.1. The van der Waals surface area contributed by atoms with Crippen LogP contribution in [0.3, 0.4) is 0 Å². The number of nitrogens with one attached hydrogen (secondary N) is 2. The highest BCUT2D eigenvalue weighted by Crippen LogP contribution is 2.28. The first-order valence-corrected chi connectivity index (χ1v) is 12.4. The zero-order valence-corrected chi connectivity index (χ0v) is 20.4. The normalized spacial score (nSPS) is 22.3. The number of piperidine rings is 2. The molecule has 0 amide bonds. The molecule has 2 aromatic rings. The first-order chi connectivity index (χ1) is 15.5. The van der Waals surface area contributed by atoms with Gasteiger partial charge in [-0.05, 0) is 62.2 Å². The van der Waals surface area contributed by atoms with Gasteiger partial charge < -0.3 is 20.4 Å². The zero-order chi connectivity index (χ0) is 22.5. The minimum atomic E-state index is 0.102. The fourth-order valence-electron chi connectivity index (χ4n) is 4.76. The molecule has 3 heterocycles. The Morgan fingerprint density at radius 3 is 2.06 bits per heavy atom. The van der Waals surface area contributed by atoms with E-state index < -0.39 is 0 Å². The van der Waals surface area contributed by atoms with Crippen LogP contribution in [0.2, 0.25) is 0 Å². The lowest BCUT2D eigenvalue weighted by Gasteiger charge is -2.35. The number of benzene rings is 1. The molecule has 2 N–H and O–H groups in total. The quantitative estimate of drug-likeness (QED) is 0.619. The van der Waals surface area contributed by atoms with Crippen LogP contribution in [0.5, 0.6) is 0 Å². The first-order valence-electron chi connectivity index (χ1n) is 12.0. The van der Waals surface area contributed by atoms with Gasteiger partial charge >= 0.3 is 0 Å². The summed E-state index contributed by atoms with van der Waals surface area (Å²) in [7, 11) is 0. The average molecular weight is 453 g/mol. The number of hydrogen-bond acceptors (Lipinski definition) is 5. The molecule has 0 spiro atoms. The van der Waals surface area contributed by atoms with Crippen LogP contribution in [-0.4, -0.2) is 41.3 Å². The van der Waals surface area contributed by atoms with Crippen LogP contribution in [0.15, 0.2) is 36.4 Å². The largest absolute Gasteiger partial charge is 0.356 e. The molecule has 6 nitrogen and oxygen atoms in total. The summed E-state index contributed by atoms with van der Waals surface area (Å²) in [6.07, 6.45) is 4.99. The van der Waals surface area contributed by atoms with E-state index in [2.05, 4.69) is 59.4 Å². The van der Waals surface area contributed by atoms with Crippen molar-refractivity contribution in [1.29, 1.82) is 0 Å². The van der Waals surface area contributed by atoms with Gasteiger partial charge in [0, 0.05) is 32.2 Å². The maximum atomic E-state index is 5.62. The minimum Gasteiger partial charge on any atom is -0.356 e. The van der Waals surface area contributed by atoms with E-state index in [1.54, 1.807) is 0 Å². The molecule has 1 aromatic heterocycles. The van der Waals surface area contributed by atoms with Crippen molar-refractivity contribution in [2.24, 2.45) is 11.8 Å². The SMILES string of the molecule is CC1CCCN(c2cc(N3CCCC(C)C3)nc(NC(=S)NC(C)c3ccccc3)n2)C1. The van der Waals surface area contributed by atoms with E-state index in [1.807, 2.05) is 18.2 Å². The third-order valence-electron chi connectivity index (χ3n) is 6.53. The van der Waals surface area contributed by atoms with Gasteiger partial charge in [0.25, 0.3) is 0 Å². The van der Waals surface area contributed by atoms with E-state index in [1.165, 1.54) is 31.2 Å². The minimum absolute atomic E-state index is 0.102. The summed E-state index contributed by atoms with van der Waals surface area (Å²) in [5, 5.41) is 7.18. The molecule has 0 radical (unpaired) electrons. The number of anilines is 3. The van der Waals surface area contributed by atoms with Crippen molar-refractivity contribution in [3.05, 3.63) is 42.0 Å². The summed E-state index contributed by atoms with van der Waals surface area (Å²) in [5.41, 5.74) is 1.19. The second kappa shape index (κ2) is 10.5. The third kappa shape index (κ3) is 5.88. The predicted molar refractivity (Wildman–Crippen MR) is 137 cm³/mol. The van der Waals surface area contributed by atoms with Gasteiger partial charge in [-0.15, -0.1) is 0 Å².